The number of methoxy groups -OCH3 is 1. The quantitative estimate of drug-likeness (QED) is 0.609. The van der Waals surface area contributed by atoms with E-state index < -0.39 is 0 Å². The minimum atomic E-state index is 0.920. The van der Waals surface area contributed by atoms with Crippen LogP contribution in [0, 0.1) is 6.07 Å². The van der Waals surface area contributed by atoms with Crippen molar-refractivity contribution in [3.05, 3.63) is 47.2 Å². The zero-order valence-electron chi connectivity index (χ0n) is 7.13. The maximum Gasteiger partial charge on any atom is 0.0962 e. The minimum Gasteiger partial charge on any atom is -0.501 e. The molecule has 0 unspecified atom stereocenters. The standard InChI is InChI=1S/C11H11O/c1-12-11-7-6-9-4-2-3-5-10(9)8-11/h2,4-5,7H,6,8H2,1H3. The number of hydrogen-bond acceptors (Lipinski definition) is 1. The van der Waals surface area contributed by atoms with Crippen LogP contribution in [0.1, 0.15) is 11.1 Å². The summed E-state index contributed by atoms with van der Waals surface area (Å²) in [6.45, 7) is 0. The Morgan fingerprint density at radius 3 is 3.17 bits per heavy atom. The van der Waals surface area contributed by atoms with Gasteiger partial charge in [-0.1, -0.05) is 18.2 Å². The summed E-state index contributed by atoms with van der Waals surface area (Å²) in [7, 11) is 1.73. The molecule has 0 fully saturated rings. The number of allylic oxidation sites excluding steroid dienone is 2. The molecule has 0 saturated carbocycles. The number of fused-ring (bicyclic) bond motifs is 1. The van der Waals surface area contributed by atoms with E-state index in [-0.39, 0.29) is 0 Å². The maximum absolute atomic E-state index is 5.20. The Morgan fingerprint density at radius 2 is 2.33 bits per heavy atom. The molecule has 2 rings (SSSR count). The Bertz CT molecular complexity index is 313. The molecule has 0 aliphatic heterocycles. The first-order valence-corrected chi connectivity index (χ1v) is 4.11. The molecule has 0 spiro atoms. The minimum absolute atomic E-state index is 0.920. The van der Waals surface area contributed by atoms with Crippen LogP contribution in [0.25, 0.3) is 0 Å². The lowest BCUT2D eigenvalue weighted by atomic mass is 9.96. The summed E-state index contributed by atoms with van der Waals surface area (Å²) in [5.74, 6) is 1.07. The highest BCUT2D eigenvalue weighted by atomic mass is 16.5. The molecule has 0 saturated heterocycles. The van der Waals surface area contributed by atoms with Crippen LogP contribution < -0.4 is 0 Å². The van der Waals surface area contributed by atoms with Crippen LogP contribution in [0.4, 0.5) is 0 Å². The number of hydrogen-bond donors (Lipinski definition) is 0. The molecule has 1 aliphatic carbocycles. The van der Waals surface area contributed by atoms with Crippen LogP contribution in [0.3, 0.4) is 0 Å². The predicted octanol–water partition coefficient (Wildman–Crippen LogP) is 2.12. The van der Waals surface area contributed by atoms with Crippen LogP contribution in [0.15, 0.2) is 30.0 Å². The van der Waals surface area contributed by atoms with Gasteiger partial charge in [0.2, 0.25) is 0 Å². The average molecular weight is 159 g/mol. The molecule has 0 amide bonds. The normalized spacial score (nSPS) is 14.9. The molecule has 12 heavy (non-hydrogen) atoms. The molecule has 0 heterocycles. The first-order chi connectivity index (χ1) is 5.90. The highest BCUT2D eigenvalue weighted by Crippen LogP contribution is 2.20. The molecular formula is C11H11O. The molecule has 0 aromatic heterocycles. The Labute approximate surface area is 72.7 Å². The molecule has 0 N–H and O–H groups in total. The van der Waals surface area contributed by atoms with Crippen molar-refractivity contribution >= 4 is 0 Å². The van der Waals surface area contributed by atoms with Gasteiger partial charge < -0.3 is 4.74 Å². The van der Waals surface area contributed by atoms with E-state index in [1.54, 1.807) is 7.11 Å². The fraction of sp³-hybridized carbons (Fsp3) is 0.273. The van der Waals surface area contributed by atoms with E-state index >= 15 is 0 Å². The van der Waals surface area contributed by atoms with Gasteiger partial charge in [0.1, 0.15) is 0 Å². The fourth-order valence-electron chi connectivity index (χ4n) is 1.50. The Hall–Kier alpha value is -1.24. The smallest absolute Gasteiger partial charge is 0.0962 e. The van der Waals surface area contributed by atoms with Crippen molar-refractivity contribution in [2.75, 3.05) is 7.11 Å². The van der Waals surface area contributed by atoms with Crippen LogP contribution >= 0.6 is 0 Å². The second kappa shape index (κ2) is 3.02. The van der Waals surface area contributed by atoms with E-state index in [1.807, 2.05) is 12.1 Å². The molecule has 1 aromatic carbocycles. The second-order valence-corrected chi connectivity index (χ2v) is 2.95. The fourth-order valence-corrected chi connectivity index (χ4v) is 1.50. The average Bonchev–Trinajstić information content (AvgIpc) is 2.17. The monoisotopic (exact) mass is 159 g/mol. The number of rotatable bonds is 1. The van der Waals surface area contributed by atoms with E-state index in [1.165, 1.54) is 11.1 Å². The predicted molar refractivity (Wildman–Crippen MR) is 47.8 cm³/mol. The summed E-state index contributed by atoms with van der Waals surface area (Å²) in [4.78, 5) is 0. The lowest BCUT2D eigenvalue weighted by Crippen LogP contribution is -2.03. The highest BCUT2D eigenvalue weighted by molar-refractivity contribution is 5.34. The topological polar surface area (TPSA) is 9.23 Å². The first-order valence-electron chi connectivity index (χ1n) is 4.11. The maximum atomic E-state index is 5.20. The van der Waals surface area contributed by atoms with Crippen LogP contribution in [-0.4, -0.2) is 7.11 Å². The summed E-state index contributed by atoms with van der Waals surface area (Å²) < 4.78 is 5.20. The van der Waals surface area contributed by atoms with Gasteiger partial charge in [0.15, 0.2) is 0 Å². The van der Waals surface area contributed by atoms with Gasteiger partial charge in [-0.3, -0.25) is 0 Å². The summed E-state index contributed by atoms with van der Waals surface area (Å²) >= 11 is 0. The molecule has 1 aliphatic rings. The molecule has 0 atom stereocenters. The Kier molecular flexibility index (Phi) is 1.86. The summed E-state index contributed by atoms with van der Waals surface area (Å²) in [5, 5.41) is 0. The van der Waals surface area contributed by atoms with Gasteiger partial charge in [0, 0.05) is 6.42 Å². The van der Waals surface area contributed by atoms with Crippen molar-refractivity contribution in [3.63, 3.8) is 0 Å². The van der Waals surface area contributed by atoms with E-state index in [2.05, 4.69) is 18.2 Å². The molecule has 1 nitrogen and oxygen atoms in total. The molecule has 1 aromatic rings. The SMILES string of the molecule is COC1=CCc2cc[c]cc2C1. The lowest BCUT2D eigenvalue weighted by molar-refractivity contribution is 0.280. The van der Waals surface area contributed by atoms with E-state index in [9.17, 15) is 0 Å². The summed E-state index contributed by atoms with van der Waals surface area (Å²) in [6.07, 6.45) is 4.05. The third-order valence-electron chi connectivity index (χ3n) is 2.23. The lowest BCUT2D eigenvalue weighted by Gasteiger charge is -2.15. The molecule has 1 radical (unpaired) electrons. The molecule has 61 valence electrons. The number of ether oxygens (including phenoxy) is 1. The summed E-state index contributed by atoms with van der Waals surface area (Å²) in [5.41, 5.74) is 2.74. The van der Waals surface area contributed by atoms with Crippen LogP contribution in [0.2, 0.25) is 0 Å². The largest absolute Gasteiger partial charge is 0.501 e. The van der Waals surface area contributed by atoms with Crippen molar-refractivity contribution in [3.8, 4) is 0 Å². The van der Waals surface area contributed by atoms with Gasteiger partial charge in [0.05, 0.1) is 12.9 Å². The number of benzene rings is 1. The summed E-state index contributed by atoms with van der Waals surface area (Å²) in [6, 6.07) is 9.21. The van der Waals surface area contributed by atoms with Gasteiger partial charge in [0.25, 0.3) is 0 Å². The molecule has 0 bridgehead atoms. The van der Waals surface area contributed by atoms with Crippen molar-refractivity contribution < 1.29 is 4.74 Å². The van der Waals surface area contributed by atoms with Gasteiger partial charge >= 0.3 is 0 Å². The highest BCUT2D eigenvalue weighted by Gasteiger charge is 2.09. The van der Waals surface area contributed by atoms with Gasteiger partial charge in [-0.2, -0.15) is 0 Å². The Morgan fingerprint density at radius 1 is 1.42 bits per heavy atom. The zero-order valence-corrected chi connectivity index (χ0v) is 7.13. The van der Waals surface area contributed by atoms with E-state index in [0.717, 1.165) is 18.6 Å². The van der Waals surface area contributed by atoms with Crippen molar-refractivity contribution in [1.82, 2.24) is 0 Å². The van der Waals surface area contributed by atoms with Crippen LogP contribution in [0.5, 0.6) is 0 Å². The van der Waals surface area contributed by atoms with Crippen molar-refractivity contribution in [1.29, 1.82) is 0 Å². The molecular weight excluding hydrogens is 148 g/mol. The van der Waals surface area contributed by atoms with Gasteiger partial charge in [-0.15, -0.1) is 0 Å². The van der Waals surface area contributed by atoms with Crippen molar-refractivity contribution in [2.45, 2.75) is 12.8 Å². The molecule has 1 heteroatoms. The zero-order chi connectivity index (χ0) is 8.39. The Balaban J connectivity index is 2.31. The van der Waals surface area contributed by atoms with E-state index in [4.69, 9.17) is 4.74 Å². The van der Waals surface area contributed by atoms with Gasteiger partial charge in [-0.25, -0.2) is 0 Å². The third kappa shape index (κ3) is 1.22. The van der Waals surface area contributed by atoms with E-state index in [0.29, 0.717) is 0 Å². The third-order valence-corrected chi connectivity index (χ3v) is 2.23. The first kappa shape index (κ1) is 7.41. The van der Waals surface area contributed by atoms with Gasteiger partial charge in [-0.05, 0) is 29.7 Å². The second-order valence-electron chi connectivity index (χ2n) is 2.95. The van der Waals surface area contributed by atoms with Crippen molar-refractivity contribution in [2.24, 2.45) is 0 Å². The van der Waals surface area contributed by atoms with Crippen LogP contribution in [-0.2, 0) is 17.6 Å².